The standard InChI is InChI=1S/C17H30N/c1-3-5-7-8-9-11-17-12-15-18(16-13-17)14-10-6-4-2/h12-13,15-16H,3-11,14H2,1-2H3/q+1. The first-order chi connectivity index (χ1) is 8.86. The topological polar surface area (TPSA) is 3.88 Å². The monoisotopic (exact) mass is 248 g/mol. The number of unbranched alkanes of at least 4 members (excludes halogenated alkanes) is 6. The molecule has 0 saturated carbocycles. The highest BCUT2D eigenvalue weighted by atomic mass is 14.9. The van der Waals surface area contributed by atoms with Gasteiger partial charge < -0.3 is 0 Å². The highest BCUT2D eigenvalue weighted by Crippen LogP contribution is 2.07. The minimum Gasteiger partial charge on any atom is -0.205 e. The fourth-order valence-electron chi connectivity index (χ4n) is 2.28. The second-order valence-corrected chi connectivity index (χ2v) is 5.32. The molecule has 1 heteroatoms. The predicted octanol–water partition coefficient (Wildman–Crippen LogP) is 4.68. The van der Waals surface area contributed by atoms with Gasteiger partial charge in [-0.1, -0.05) is 46.0 Å². The molecule has 1 rings (SSSR count). The third kappa shape index (κ3) is 6.78. The largest absolute Gasteiger partial charge is 0.205 e. The van der Waals surface area contributed by atoms with E-state index in [4.69, 9.17) is 0 Å². The molecular weight excluding hydrogens is 218 g/mol. The van der Waals surface area contributed by atoms with E-state index in [9.17, 15) is 0 Å². The molecule has 102 valence electrons. The molecule has 0 saturated heterocycles. The number of pyridine rings is 1. The molecular formula is C17H30N+. The second-order valence-electron chi connectivity index (χ2n) is 5.32. The van der Waals surface area contributed by atoms with Crippen LogP contribution >= 0.6 is 0 Å². The first-order valence-corrected chi connectivity index (χ1v) is 7.84. The molecule has 0 aliphatic heterocycles. The van der Waals surface area contributed by atoms with Crippen molar-refractivity contribution < 1.29 is 4.57 Å². The van der Waals surface area contributed by atoms with Gasteiger partial charge in [-0.25, -0.2) is 4.57 Å². The van der Waals surface area contributed by atoms with Crippen molar-refractivity contribution in [3.05, 3.63) is 30.1 Å². The third-order valence-corrected chi connectivity index (χ3v) is 3.55. The number of rotatable bonds is 10. The maximum atomic E-state index is 2.32. The Balaban J connectivity index is 2.19. The zero-order valence-electron chi connectivity index (χ0n) is 12.3. The summed E-state index contributed by atoms with van der Waals surface area (Å²) in [6.45, 7) is 5.70. The predicted molar refractivity (Wildman–Crippen MR) is 78.6 cm³/mol. The number of aromatic nitrogens is 1. The van der Waals surface area contributed by atoms with Gasteiger partial charge in [0.2, 0.25) is 0 Å². The van der Waals surface area contributed by atoms with Gasteiger partial charge in [-0.05, 0) is 24.8 Å². The molecule has 0 radical (unpaired) electrons. The van der Waals surface area contributed by atoms with Crippen LogP contribution in [0, 0.1) is 0 Å². The molecule has 0 spiro atoms. The van der Waals surface area contributed by atoms with Crippen LogP contribution < -0.4 is 4.57 Å². The molecule has 1 aromatic heterocycles. The molecule has 0 atom stereocenters. The average molecular weight is 248 g/mol. The van der Waals surface area contributed by atoms with E-state index in [-0.39, 0.29) is 0 Å². The number of nitrogens with zero attached hydrogens (tertiary/aromatic N) is 1. The van der Waals surface area contributed by atoms with Gasteiger partial charge in [-0.15, -0.1) is 0 Å². The van der Waals surface area contributed by atoms with E-state index < -0.39 is 0 Å². The van der Waals surface area contributed by atoms with Crippen LogP contribution in [0.4, 0.5) is 0 Å². The quantitative estimate of drug-likeness (QED) is 0.418. The first kappa shape index (κ1) is 15.2. The summed E-state index contributed by atoms with van der Waals surface area (Å²) in [4.78, 5) is 0. The lowest BCUT2D eigenvalue weighted by Gasteiger charge is -2.01. The van der Waals surface area contributed by atoms with E-state index in [1.54, 1.807) is 0 Å². The zero-order chi connectivity index (χ0) is 13.1. The van der Waals surface area contributed by atoms with Crippen LogP contribution in [0.25, 0.3) is 0 Å². The summed E-state index contributed by atoms with van der Waals surface area (Å²) in [5.74, 6) is 0. The normalized spacial score (nSPS) is 10.8. The van der Waals surface area contributed by atoms with Crippen molar-refractivity contribution in [2.45, 2.75) is 78.2 Å². The molecule has 0 amide bonds. The van der Waals surface area contributed by atoms with E-state index in [0.717, 1.165) is 0 Å². The Morgan fingerprint density at radius 2 is 1.39 bits per heavy atom. The molecule has 0 unspecified atom stereocenters. The molecule has 18 heavy (non-hydrogen) atoms. The van der Waals surface area contributed by atoms with Crippen molar-refractivity contribution in [3.8, 4) is 0 Å². The second kappa shape index (κ2) is 10.1. The van der Waals surface area contributed by atoms with Gasteiger partial charge in [0, 0.05) is 18.6 Å². The lowest BCUT2D eigenvalue weighted by atomic mass is 10.1. The number of hydrogen-bond donors (Lipinski definition) is 0. The third-order valence-electron chi connectivity index (χ3n) is 3.55. The zero-order valence-corrected chi connectivity index (χ0v) is 12.3. The van der Waals surface area contributed by atoms with Crippen molar-refractivity contribution in [1.29, 1.82) is 0 Å². The Labute approximate surface area is 113 Å². The molecule has 0 aromatic carbocycles. The van der Waals surface area contributed by atoms with Crippen molar-refractivity contribution in [2.75, 3.05) is 0 Å². The van der Waals surface area contributed by atoms with Crippen LogP contribution in [-0.2, 0) is 13.0 Å². The molecule has 0 aliphatic rings. The lowest BCUT2D eigenvalue weighted by Crippen LogP contribution is -2.32. The first-order valence-electron chi connectivity index (χ1n) is 7.84. The summed E-state index contributed by atoms with van der Waals surface area (Å²) in [5.41, 5.74) is 1.50. The summed E-state index contributed by atoms with van der Waals surface area (Å²) >= 11 is 0. The maximum Gasteiger partial charge on any atom is 0.169 e. The van der Waals surface area contributed by atoms with Gasteiger partial charge in [-0.2, -0.15) is 0 Å². The maximum absolute atomic E-state index is 2.32. The van der Waals surface area contributed by atoms with Gasteiger partial charge in [0.05, 0.1) is 0 Å². The van der Waals surface area contributed by atoms with E-state index in [1.807, 2.05) is 0 Å². The molecule has 1 heterocycles. The fourth-order valence-corrected chi connectivity index (χ4v) is 2.28. The minimum absolute atomic E-state index is 1.17. The van der Waals surface area contributed by atoms with Crippen molar-refractivity contribution >= 4 is 0 Å². The van der Waals surface area contributed by atoms with E-state index in [2.05, 4.69) is 42.9 Å². The van der Waals surface area contributed by atoms with Crippen molar-refractivity contribution in [1.82, 2.24) is 0 Å². The molecule has 0 N–H and O–H groups in total. The highest BCUT2D eigenvalue weighted by molar-refractivity contribution is 5.07. The Bertz CT molecular complexity index is 289. The van der Waals surface area contributed by atoms with Crippen LogP contribution in [0.15, 0.2) is 24.5 Å². The minimum atomic E-state index is 1.17. The molecule has 1 aromatic rings. The fraction of sp³-hybridized carbons (Fsp3) is 0.706. The average Bonchev–Trinajstić information content (AvgIpc) is 2.40. The molecule has 0 fully saturated rings. The van der Waals surface area contributed by atoms with Crippen molar-refractivity contribution in [3.63, 3.8) is 0 Å². The van der Waals surface area contributed by atoms with Gasteiger partial charge in [0.1, 0.15) is 6.54 Å². The van der Waals surface area contributed by atoms with Gasteiger partial charge >= 0.3 is 0 Å². The summed E-state index contributed by atoms with van der Waals surface area (Å²) in [6, 6.07) is 4.59. The van der Waals surface area contributed by atoms with Crippen LogP contribution in [0.2, 0.25) is 0 Å². The molecule has 1 nitrogen and oxygen atoms in total. The Morgan fingerprint density at radius 1 is 0.778 bits per heavy atom. The van der Waals surface area contributed by atoms with E-state index in [1.165, 1.54) is 69.9 Å². The summed E-state index contributed by atoms with van der Waals surface area (Å²) in [6.07, 6.45) is 16.6. The highest BCUT2D eigenvalue weighted by Gasteiger charge is 2.00. The summed E-state index contributed by atoms with van der Waals surface area (Å²) < 4.78 is 2.32. The Hall–Kier alpha value is -0.850. The van der Waals surface area contributed by atoms with Gasteiger partial charge in [0.15, 0.2) is 12.4 Å². The summed E-state index contributed by atoms with van der Waals surface area (Å²) in [7, 11) is 0. The van der Waals surface area contributed by atoms with E-state index in [0.29, 0.717) is 0 Å². The number of aryl methyl sites for hydroxylation is 2. The SMILES string of the molecule is CCCCCCCc1cc[n+](CCCCC)cc1. The van der Waals surface area contributed by atoms with Crippen molar-refractivity contribution in [2.24, 2.45) is 0 Å². The summed E-state index contributed by atoms with van der Waals surface area (Å²) in [5, 5.41) is 0. The molecule has 0 bridgehead atoms. The Morgan fingerprint density at radius 3 is 2.06 bits per heavy atom. The van der Waals surface area contributed by atoms with E-state index >= 15 is 0 Å². The smallest absolute Gasteiger partial charge is 0.169 e. The van der Waals surface area contributed by atoms with Crippen LogP contribution in [0.5, 0.6) is 0 Å². The Kier molecular flexibility index (Phi) is 8.54. The van der Waals surface area contributed by atoms with Crippen LogP contribution in [0.1, 0.15) is 70.8 Å². The number of hydrogen-bond acceptors (Lipinski definition) is 0. The lowest BCUT2D eigenvalue weighted by molar-refractivity contribution is -0.697. The van der Waals surface area contributed by atoms with Crippen LogP contribution in [-0.4, -0.2) is 0 Å². The van der Waals surface area contributed by atoms with Gasteiger partial charge in [0.25, 0.3) is 0 Å². The molecule has 0 aliphatic carbocycles. The van der Waals surface area contributed by atoms with Gasteiger partial charge in [-0.3, -0.25) is 0 Å². The van der Waals surface area contributed by atoms with Crippen LogP contribution in [0.3, 0.4) is 0 Å².